The molecule has 1 heterocycles. The molecule has 20 heavy (non-hydrogen) atoms. The van der Waals surface area contributed by atoms with Crippen molar-refractivity contribution in [2.75, 3.05) is 0 Å². The lowest BCUT2D eigenvalue weighted by atomic mass is 9.81. The molecule has 2 aromatic rings. The Balaban J connectivity index is 2.15. The van der Waals surface area contributed by atoms with Crippen molar-refractivity contribution in [3.8, 4) is 11.3 Å². The van der Waals surface area contributed by atoms with Gasteiger partial charge in [-0.05, 0) is 42.3 Å². The molecule has 0 bridgehead atoms. The molecule has 1 nitrogen and oxygen atoms in total. The highest BCUT2D eigenvalue weighted by atomic mass is 14.9. The summed E-state index contributed by atoms with van der Waals surface area (Å²) in [5.41, 5.74) is 5.13. The third kappa shape index (κ3) is 2.26. The smallest absolute Gasteiger partial charge is 0.201 e. The van der Waals surface area contributed by atoms with Crippen LogP contribution in [-0.4, -0.2) is 0 Å². The maximum Gasteiger partial charge on any atom is 0.212 e. The van der Waals surface area contributed by atoms with Crippen LogP contribution in [0, 0.1) is 6.92 Å². The van der Waals surface area contributed by atoms with Gasteiger partial charge >= 0.3 is 0 Å². The average molecular weight is 267 g/mol. The van der Waals surface area contributed by atoms with Gasteiger partial charge in [-0.1, -0.05) is 38.0 Å². The highest BCUT2D eigenvalue weighted by Gasteiger charge is 2.32. The number of aryl methyl sites for hydroxylation is 2. The molecule has 0 spiro atoms. The lowest BCUT2D eigenvalue weighted by molar-refractivity contribution is -0.660. The van der Waals surface area contributed by atoms with E-state index < -0.39 is 0 Å². The molecule has 1 saturated carbocycles. The van der Waals surface area contributed by atoms with E-state index in [2.05, 4.69) is 49.9 Å². The van der Waals surface area contributed by atoms with Gasteiger partial charge < -0.3 is 0 Å². The van der Waals surface area contributed by atoms with Crippen LogP contribution in [0.2, 0.25) is 0 Å². The van der Waals surface area contributed by atoms with Crippen molar-refractivity contribution in [1.29, 1.82) is 0 Å². The van der Waals surface area contributed by atoms with Crippen LogP contribution in [0.15, 0.2) is 42.6 Å². The van der Waals surface area contributed by atoms with Crippen LogP contribution in [0.25, 0.3) is 11.3 Å². The molecule has 0 N–H and O–H groups in total. The Bertz CT molecular complexity index is 649. The van der Waals surface area contributed by atoms with Gasteiger partial charge in [0.1, 0.15) is 7.05 Å². The summed E-state index contributed by atoms with van der Waals surface area (Å²) in [6.45, 7) is 4.48. The monoisotopic (exact) mass is 267 g/mol. The number of benzene rings is 1. The van der Waals surface area contributed by atoms with E-state index in [9.17, 15) is 0 Å². The second-order valence-corrected chi connectivity index (χ2v) is 6.41. The summed E-state index contributed by atoms with van der Waals surface area (Å²) >= 11 is 0. The van der Waals surface area contributed by atoms with Crippen molar-refractivity contribution in [1.82, 2.24) is 0 Å². The summed E-state index contributed by atoms with van der Waals surface area (Å²) in [7, 11) is 2.07. The fraction of sp³-hybridized carbons (Fsp3) is 0.421. The van der Waals surface area contributed by atoms with Crippen LogP contribution in [0.1, 0.15) is 45.1 Å². The molecule has 1 aliphatic carbocycles. The van der Waals surface area contributed by atoms with Crippen molar-refractivity contribution in [3.05, 3.63) is 53.7 Å². The van der Waals surface area contributed by atoms with Gasteiger partial charge in [-0.2, -0.15) is 0 Å². The first kappa shape index (κ1) is 12.1. The molecule has 1 aliphatic rings. The molecule has 1 fully saturated rings. The molecule has 104 valence electrons. The van der Waals surface area contributed by atoms with E-state index in [4.69, 9.17) is 1.37 Å². The first-order valence-corrected chi connectivity index (χ1v) is 7.58. The predicted molar refractivity (Wildman–Crippen MR) is 83.6 cm³/mol. The molecule has 0 saturated heterocycles. The topological polar surface area (TPSA) is 3.88 Å². The van der Waals surface area contributed by atoms with Crippen LogP contribution in [0.5, 0.6) is 0 Å². The summed E-state index contributed by atoms with van der Waals surface area (Å²) in [5.74, 6) is 0. The van der Waals surface area contributed by atoms with Crippen LogP contribution in [0.4, 0.5) is 0 Å². The Labute approximate surface area is 123 Å². The number of rotatable bonds is 2. The Morgan fingerprint density at radius 1 is 1.20 bits per heavy atom. The number of nitrogens with zero attached hydrogens (tertiary/aromatic N) is 1. The zero-order valence-corrected chi connectivity index (χ0v) is 12.7. The standard InChI is InChI=1S/C19H24N/c1-15-8-4-5-9-17(15)18-14-16(10-13-20(18)3)19(2)11-6-7-12-19/h4-5,8-10,13-14H,6-7,11-12H2,1-3H3/q+1/i9D. The second kappa shape index (κ2) is 5.05. The summed E-state index contributed by atoms with van der Waals surface area (Å²) in [4.78, 5) is 0. The maximum atomic E-state index is 8.26. The molecule has 0 aliphatic heterocycles. The van der Waals surface area contributed by atoms with Gasteiger partial charge in [-0.15, -0.1) is 0 Å². The van der Waals surface area contributed by atoms with Gasteiger partial charge in [0.15, 0.2) is 6.20 Å². The minimum atomic E-state index is 0.313. The highest BCUT2D eigenvalue weighted by molar-refractivity contribution is 5.61. The van der Waals surface area contributed by atoms with Gasteiger partial charge in [0, 0.05) is 17.7 Å². The molecule has 0 amide bonds. The maximum absolute atomic E-state index is 8.26. The van der Waals surface area contributed by atoms with E-state index >= 15 is 0 Å². The van der Waals surface area contributed by atoms with E-state index in [-0.39, 0.29) is 0 Å². The normalized spacial score (nSPS) is 18.1. The first-order chi connectivity index (χ1) is 10.0. The van der Waals surface area contributed by atoms with Crippen LogP contribution >= 0.6 is 0 Å². The number of hydrogen-bond acceptors (Lipinski definition) is 0. The van der Waals surface area contributed by atoms with Gasteiger partial charge in [0.2, 0.25) is 5.69 Å². The van der Waals surface area contributed by atoms with E-state index in [0.29, 0.717) is 11.5 Å². The molecule has 1 aromatic carbocycles. The summed E-state index contributed by atoms with van der Waals surface area (Å²) in [6, 6.07) is 11.1. The fourth-order valence-electron chi connectivity index (χ4n) is 3.43. The molecule has 3 rings (SSSR count). The van der Waals surface area contributed by atoms with Crippen molar-refractivity contribution < 1.29 is 5.94 Å². The average Bonchev–Trinajstić information content (AvgIpc) is 2.88. The highest BCUT2D eigenvalue weighted by Crippen LogP contribution is 2.41. The van der Waals surface area contributed by atoms with E-state index in [1.807, 2.05) is 12.1 Å². The zero-order chi connectivity index (χ0) is 15.0. The number of aromatic nitrogens is 1. The third-order valence-corrected chi connectivity index (χ3v) is 4.87. The fourth-order valence-corrected chi connectivity index (χ4v) is 3.43. The van der Waals surface area contributed by atoms with Crippen LogP contribution in [0.3, 0.4) is 0 Å². The van der Waals surface area contributed by atoms with Gasteiger partial charge in [0.05, 0.1) is 1.37 Å². The minimum Gasteiger partial charge on any atom is -0.201 e. The number of pyridine rings is 1. The van der Waals surface area contributed by atoms with Gasteiger partial charge in [0.25, 0.3) is 0 Å². The molecular weight excluding hydrogens is 242 g/mol. The molecular formula is C19H24N+. The Hall–Kier alpha value is -1.63. The third-order valence-electron chi connectivity index (χ3n) is 4.87. The lowest BCUT2D eigenvalue weighted by Crippen LogP contribution is -2.32. The Kier molecular flexibility index (Phi) is 3.06. The number of hydrogen-bond donors (Lipinski definition) is 0. The molecule has 1 aromatic heterocycles. The summed E-state index contributed by atoms with van der Waals surface area (Å²) < 4.78 is 10.4. The minimum absolute atomic E-state index is 0.313. The van der Waals surface area contributed by atoms with Gasteiger partial charge in [-0.25, -0.2) is 4.57 Å². The SMILES string of the molecule is [2H]c1cccc(C)c1-c1cc(C2(C)CCCC2)cc[n+]1C. The molecule has 1 heteroatoms. The van der Waals surface area contributed by atoms with Crippen LogP contribution < -0.4 is 4.57 Å². The van der Waals surface area contributed by atoms with E-state index in [0.717, 1.165) is 11.3 Å². The van der Waals surface area contributed by atoms with Gasteiger partial charge in [-0.3, -0.25) is 0 Å². The van der Waals surface area contributed by atoms with Crippen molar-refractivity contribution >= 4 is 0 Å². The summed E-state index contributed by atoms with van der Waals surface area (Å²) in [6.07, 6.45) is 7.38. The lowest BCUT2D eigenvalue weighted by Gasteiger charge is -2.24. The van der Waals surface area contributed by atoms with Crippen molar-refractivity contribution in [3.63, 3.8) is 0 Å². The quantitative estimate of drug-likeness (QED) is 0.714. The molecule has 0 unspecified atom stereocenters. The van der Waals surface area contributed by atoms with Crippen LogP contribution in [-0.2, 0) is 12.5 Å². The zero-order valence-electron chi connectivity index (χ0n) is 13.7. The Morgan fingerprint density at radius 2 is 1.95 bits per heavy atom. The van der Waals surface area contributed by atoms with E-state index in [1.54, 1.807) is 0 Å². The van der Waals surface area contributed by atoms with Crippen molar-refractivity contribution in [2.45, 2.75) is 44.9 Å². The largest absolute Gasteiger partial charge is 0.212 e. The second-order valence-electron chi connectivity index (χ2n) is 6.41. The Morgan fingerprint density at radius 3 is 2.65 bits per heavy atom. The first-order valence-electron chi connectivity index (χ1n) is 8.08. The van der Waals surface area contributed by atoms with E-state index in [1.165, 1.54) is 36.8 Å². The van der Waals surface area contributed by atoms with Crippen molar-refractivity contribution in [2.24, 2.45) is 7.05 Å². The summed E-state index contributed by atoms with van der Waals surface area (Å²) in [5, 5.41) is 0. The molecule has 0 radical (unpaired) electrons. The molecule has 0 atom stereocenters. The predicted octanol–water partition coefficient (Wildman–Crippen LogP) is 4.32.